The molecule has 1 fully saturated rings. The van der Waals surface area contributed by atoms with Crippen LogP contribution in [0.15, 0.2) is 58.3 Å². The van der Waals surface area contributed by atoms with Gasteiger partial charge in [-0.05, 0) is 79.3 Å². The van der Waals surface area contributed by atoms with Gasteiger partial charge in [-0.3, -0.25) is 4.79 Å². The molecule has 47 heavy (non-hydrogen) atoms. The number of thiazole rings is 1. The molecule has 2 aromatic heterocycles. The average Bonchev–Trinajstić information content (AvgIpc) is 3.65. The van der Waals surface area contributed by atoms with Crippen LogP contribution in [0.4, 0.5) is 10.8 Å². The number of azo groups is 1. The lowest BCUT2D eigenvalue weighted by Crippen LogP contribution is -2.30. The number of thiophene rings is 1. The zero-order valence-corrected chi connectivity index (χ0v) is 28.0. The van der Waals surface area contributed by atoms with Crippen molar-refractivity contribution >= 4 is 83.7 Å². The molecule has 13 heteroatoms. The Labute approximate surface area is 279 Å². The molecule has 2 heterocycles. The molecule has 0 radical (unpaired) electrons. The van der Waals surface area contributed by atoms with Crippen molar-refractivity contribution in [2.24, 2.45) is 16.1 Å². The lowest BCUT2D eigenvalue weighted by Gasteiger charge is -2.27. The van der Waals surface area contributed by atoms with Gasteiger partial charge in [0.15, 0.2) is 0 Å². The molecule has 4 aromatic rings. The maximum Gasteiger partial charge on any atom is 0.345 e. The predicted octanol–water partition coefficient (Wildman–Crippen LogP) is 8.10. The summed E-state index contributed by atoms with van der Waals surface area (Å²) in [6.45, 7) is 2.53. The molecule has 11 nitrogen and oxygen atoms in total. The standard InChI is InChI=1S/C34H35N3O8S2/c1-4-5-6-15-44-31(39)20-10-13-25(14-11-20)45-33(41)27(32(40)43-3)18-26-19-28-29(46-26)35-34(47-28)37-36-24-12-9-21-16-23(30(38)42-2)8-7-22(21)17-24/h7-9,12,16-20,25H,4-6,10-11,13-15H2,1-3H3/b27-18+,37-36+. The van der Waals surface area contributed by atoms with Crippen LogP contribution in [0, 0.1) is 5.92 Å². The van der Waals surface area contributed by atoms with Gasteiger partial charge in [0, 0.05) is 4.88 Å². The minimum atomic E-state index is -0.796. The number of ether oxygens (including phenoxy) is 4. The third-order valence-electron chi connectivity index (χ3n) is 7.78. The monoisotopic (exact) mass is 677 g/mol. The van der Waals surface area contributed by atoms with E-state index >= 15 is 0 Å². The van der Waals surface area contributed by atoms with Crippen LogP contribution in [0.2, 0.25) is 0 Å². The molecule has 0 aliphatic heterocycles. The average molecular weight is 678 g/mol. The van der Waals surface area contributed by atoms with Gasteiger partial charge in [-0.1, -0.05) is 43.2 Å². The van der Waals surface area contributed by atoms with Gasteiger partial charge in [0.05, 0.1) is 42.7 Å². The third-order valence-corrected chi connectivity index (χ3v) is 9.77. The summed E-state index contributed by atoms with van der Waals surface area (Å²) in [6, 6.07) is 12.6. The van der Waals surface area contributed by atoms with E-state index in [9.17, 15) is 19.2 Å². The van der Waals surface area contributed by atoms with Gasteiger partial charge in [-0.25, -0.2) is 19.4 Å². The second-order valence-electron chi connectivity index (χ2n) is 11.1. The molecular formula is C34H35N3O8S2. The van der Waals surface area contributed by atoms with E-state index in [4.69, 9.17) is 18.9 Å². The number of carbonyl (C=O) groups is 4. The molecule has 0 spiro atoms. The summed E-state index contributed by atoms with van der Waals surface area (Å²) < 4.78 is 21.5. The van der Waals surface area contributed by atoms with Gasteiger partial charge in [0.1, 0.15) is 16.5 Å². The number of carbonyl (C=O) groups excluding carboxylic acids is 4. The van der Waals surface area contributed by atoms with Gasteiger partial charge in [0.2, 0.25) is 5.13 Å². The fourth-order valence-electron chi connectivity index (χ4n) is 5.22. The quantitative estimate of drug-likeness (QED) is 0.0276. The van der Waals surface area contributed by atoms with Gasteiger partial charge in [-0.2, -0.15) is 0 Å². The van der Waals surface area contributed by atoms with E-state index in [0.29, 0.717) is 58.4 Å². The van der Waals surface area contributed by atoms with Crippen LogP contribution in [0.1, 0.15) is 67.1 Å². The first-order chi connectivity index (χ1) is 22.8. The van der Waals surface area contributed by atoms with Crippen molar-refractivity contribution in [2.45, 2.75) is 58.0 Å². The number of hydrogen-bond acceptors (Lipinski definition) is 13. The lowest BCUT2D eigenvalue weighted by atomic mass is 9.87. The number of methoxy groups -OCH3 is 2. The first-order valence-corrected chi connectivity index (χ1v) is 17.0. The third kappa shape index (κ3) is 8.66. The van der Waals surface area contributed by atoms with E-state index in [-0.39, 0.29) is 17.5 Å². The van der Waals surface area contributed by atoms with Crippen molar-refractivity contribution in [2.75, 3.05) is 20.8 Å². The van der Waals surface area contributed by atoms with Gasteiger partial charge in [-0.15, -0.1) is 21.6 Å². The highest BCUT2D eigenvalue weighted by atomic mass is 32.1. The summed E-state index contributed by atoms with van der Waals surface area (Å²) in [5.41, 5.74) is 0.883. The highest BCUT2D eigenvalue weighted by molar-refractivity contribution is 7.29. The Bertz CT molecular complexity index is 1800. The summed E-state index contributed by atoms with van der Waals surface area (Å²) in [5, 5.41) is 10.8. The number of benzene rings is 2. The maximum atomic E-state index is 13.1. The SMILES string of the molecule is CCCCCOC(=O)C1CCC(OC(=O)/C(=C/c2cc3sc(/N=N/c4ccc5cc(C(=O)OC)ccc5c4)nc3s2)C(=O)OC)CC1. The number of esters is 4. The molecular weight excluding hydrogens is 643 g/mol. The van der Waals surface area contributed by atoms with Gasteiger partial charge >= 0.3 is 23.9 Å². The Hall–Kier alpha value is -4.49. The van der Waals surface area contributed by atoms with Crippen molar-refractivity contribution in [1.82, 2.24) is 4.98 Å². The molecule has 1 saturated carbocycles. The zero-order chi connectivity index (χ0) is 33.3. The van der Waals surface area contributed by atoms with E-state index in [1.165, 1.54) is 43.0 Å². The summed E-state index contributed by atoms with van der Waals surface area (Å²) in [5.74, 6) is -2.35. The molecule has 1 aliphatic rings. The molecule has 0 saturated heterocycles. The van der Waals surface area contributed by atoms with Crippen LogP contribution < -0.4 is 0 Å². The van der Waals surface area contributed by atoms with Crippen LogP contribution in [0.5, 0.6) is 0 Å². The number of nitrogens with zero attached hydrogens (tertiary/aromatic N) is 3. The van der Waals surface area contributed by atoms with Crippen molar-refractivity contribution in [3.63, 3.8) is 0 Å². The number of fused-ring (bicyclic) bond motifs is 2. The topological polar surface area (TPSA) is 143 Å². The van der Waals surface area contributed by atoms with E-state index < -0.39 is 24.0 Å². The zero-order valence-electron chi connectivity index (χ0n) is 26.4. The van der Waals surface area contributed by atoms with Crippen molar-refractivity contribution in [3.05, 3.63) is 58.5 Å². The largest absolute Gasteiger partial charge is 0.465 e. The predicted molar refractivity (Wildman–Crippen MR) is 179 cm³/mol. The number of rotatable bonds is 12. The Morgan fingerprint density at radius 3 is 2.38 bits per heavy atom. The summed E-state index contributed by atoms with van der Waals surface area (Å²) >= 11 is 2.62. The normalized spacial score (nSPS) is 16.8. The fourth-order valence-corrected chi connectivity index (χ4v) is 7.21. The van der Waals surface area contributed by atoms with Crippen molar-refractivity contribution < 1.29 is 38.1 Å². The second-order valence-corrected chi connectivity index (χ2v) is 13.1. The van der Waals surface area contributed by atoms with Crippen molar-refractivity contribution in [3.8, 4) is 0 Å². The summed E-state index contributed by atoms with van der Waals surface area (Å²) in [7, 11) is 2.56. The second kappa shape index (κ2) is 15.9. The van der Waals surface area contributed by atoms with E-state index in [1.807, 2.05) is 24.3 Å². The first kappa shape index (κ1) is 33.9. The Morgan fingerprint density at radius 2 is 1.66 bits per heavy atom. The van der Waals surface area contributed by atoms with Gasteiger partial charge < -0.3 is 18.9 Å². The van der Waals surface area contributed by atoms with Crippen molar-refractivity contribution in [1.29, 1.82) is 0 Å². The minimum Gasteiger partial charge on any atom is -0.465 e. The minimum absolute atomic E-state index is 0.192. The first-order valence-electron chi connectivity index (χ1n) is 15.4. The molecule has 246 valence electrons. The molecule has 0 amide bonds. The summed E-state index contributed by atoms with van der Waals surface area (Å²) in [6.07, 6.45) is 6.15. The fraction of sp³-hybridized carbons (Fsp3) is 0.382. The Kier molecular flexibility index (Phi) is 11.4. The molecule has 0 unspecified atom stereocenters. The molecule has 1 aliphatic carbocycles. The molecule has 0 bridgehead atoms. The van der Waals surface area contributed by atoms with E-state index in [1.54, 1.807) is 18.2 Å². The molecule has 2 aromatic carbocycles. The molecule has 0 atom stereocenters. The highest BCUT2D eigenvalue weighted by Gasteiger charge is 2.31. The van der Waals surface area contributed by atoms with Crippen LogP contribution >= 0.6 is 22.7 Å². The van der Waals surface area contributed by atoms with Crippen LogP contribution in [0.25, 0.3) is 26.4 Å². The number of unbranched alkanes of at least 4 members (excludes halogenated alkanes) is 2. The van der Waals surface area contributed by atoms with Crippen LogP contribution in [0.3, 0.4) is 0 Å². The smallest absolute Gasteiger partial charge is 0.345 e. The van der Waals surface area contributed by atoms with Crippen LogP contribution in [-0.2, 0) is 33.3 Å². The molecule has 5 rings (SSSR count). The number of hydrogen-bond donors (Lipinski definition) is 0. The maximum absolute atomic E-state index is 13.1. The lowest BCUT2D eigenvalue weighted by molar-refractivity contribution is -0.153. The van der Waals surface area contributed by atoms with Gasteiger partial charge in [0.25, 0.3) is 0 Å². The Balaban J connectivity index is 1.21. The Morgan fingerprint density at radius 1 is 0.894 bits per heavy atom. The summed E-state index contributed by atoms with van der Waals surface area (Å²) in [4.78, 5) is 55.6. The van der Waals surface area contributed by atoms with E-state index in [2.05, 4.69) is 22.1 Å². The molecule has 0 N–H and O–H groups in total. The van der Waals surface area contributed by atoms with E-state index in [0.717, 1.165) is 34.7 Å². The number of aromatic nitrogens is 1. The highest BCUT2D eigenvalue weighted by Crippen LogP contribution is 2.36. The van der Waals surface area contributed by atoms with Crippen LogP contribution in [-0.4, -0.2) is 55.8 Å².